The fourth-order valence-corrected chi connectivity index (χ4v) is 4.11. The molecule has 0 atom stereocenters. The molecule has 1 N–H and O–H groups in total. The maximum Gasteiger partial charge on any atom is 0.264 e. The fraction of sp³-hybridized carbons (Fsp3) is 0.143. The van der Waals surface area contributed by atoms with E-state index in [2.05, 4.69) is 38.8 Å². The Balaban J connectivity index is 1.83. The van der Waals surface area contributed by atoms with Gasteiger partial charge in [0.05, 0.1) is 28.4 Å². The van der Waals surface area contributed by atoms with Crippen LogP contribution < -0.4 is 19.5 Å². The highest BCUT2D eigenvalue weighted by Crippen LogP contribution is 2.36. The van der Waals surface area contributed by atoms with Crippen molar-refractivity contribution in [1.29, 1.82) is 0 Å². The van der Waals surface area contributed by atoms with Gasteiger partial charge in [-0.3, -0.25) is 4.79 Å². The van der Waals surface area contributed by atoms with Gasteiger partial charge < -0.3 is 19.5 Å². The number of methoxy groups -OCH3 is 2. The third kappa shape index (κ3) is 5.25. The number of hydrogen-bond donors (Lipinski definition) is 1. The van der Waals surface area contributed by atoms with Gasteiger partial charge in [-0.25, -0.2) is 4.99 Å². The van der Waals surface area contributed by atoms with E-state index in [9.17, 15) is 4.79 Å². The van der Waals surface area contributed by atoms with Gasteiger partial charge >= 0.3 is 0 Å². The molecule has 0 saturated carbocycles. The Morgan fingerprint density at radius 1 is 1.24 bits per heavy atom. The topological polar surface area (TPSA) is 69.2 Å². The van der Waals surface area contributed by atoms with E-state index in [0.29, 0.717) is 21.6 Å². The van der Waals surface area contributed by atoms with Gasteiger partial charge in [0.2, 0.25) is 0 Å². The summed E-state index contributed by atoms with van der Waals surface area (Å²) in [5.74, 6) is 4.11. The van der Waals surface area contributed by atoms with Crippen LogP contribution in [0.4, 0.5) is 5.69 Å². The Kier molecular flexibility index (Phi) is 7.06. The molecule has 1 aliphatic heterocycles. The molecule has 2 aromatic carbocycles. The average Bonchev–Trinajstić information content (AvgIpc) is 3.06. The van der Waals surface area contributed by atoms with Crippen LogP contribution in [0.3, 0.4) is 0 Å². The van der Waals surface area contributed by atoms with Crippen LogP contribution >= 0.6 is 34.4 Å². The quantitative estimate of drug-likeness (QED) is 0.351. The number of carbonyl (C=O) groups excluding carboxylic acids is 1. The van der Waals surface area contributed by atoms with Gasteiger partial charge in [-0.05, 0) is 82.4 Å². The van der Waals surface area contributed by atoms with Crippen molar-refractivity contribution in [3.63, 3.8) is 0 Å². The predicted molar refractivity (Wildman–Crippen MR) is 124 cm³/mol. The molecule has 2 aromatic rings. The molecule has 0 spiro atoms. The summed E-state index contributed by atoms with van der Waals surface area (Å²) in [6, 6.07) is 11.0. The van der Waals surface area contributed by atoms with Crippen LogP contribution in [0.25, 0.3) is 6.08 Å². The summed E-state index contributed by atoms with van der Waals surface area (Å²) < 4.78 is 16.9. The number of nitrogens with one attached hydrogen (secondary N) is 1. The Hall–Kier alpha value is -2.64. The van der Waals surface area contributed by atoms with Crippen LogP contribution in [0.15, 0.2) is 46.3 Å². The number of terminal acetylenes is 1. The number of hydrogen-bond acceptors (Lipinski definition) is 6. The Morgan fingerprint density at radius 2 is 2.00 bits per heavy atom. The molecule has 0 aliphatic carbocycles. The number of aliphatic imine (C=N–C) groups is 1. The van der Waals surface area contributed by atoms with Crippen LogP contribution in [-0.4, -0.2) is 31.9 Å². The van der Waals surface area contributed by atoms with E-state index in [1.165, 1.54) is 11.8 Å². The second-order valence-corrected chi connectivity index (χ2v) is 7.90. The van der Waals surface area contributed by atoms with Gasteiger partial charge in [0.15, 0.2) is 16.7 Å². The molecule has 1 amide bonds. The zero-order valence-corrected chi connectivity index (χ0v) is 18.7. The molecule has 0 radical (unpaired) electrons. The maximum atomic E-state index is 12.3. The van der Waals surface area contributed by atoms with Crippen LogP contribution in [0.5, 0.6) is 17.2 Å². The largest absolute Gasteiger partial charge is 0.497 e. The van der Waals surface area contributed by atoms with E-state index < -0.39 is 0 Å². The summed E-state index contributed by atoms with van der Waals surface area (Å²) in [4.78, 5) is 17.3. The normalized spacial score (nSPS) is 15.9. The molecular weight excluding hydrogens is 503 g/mol. The van der Waals surface area contributed by atoms with Crippen LogP contribution in [0.2, 0.25) is 0 Å². The highest BCUT2D eigenvalue weighted by Gasteiger charge is 2.24. The minimum atomic E-state index is -0.205. The van der Waals surface area contributed by atoms with Crippen molar-refractivity contribution >= 4 is 57.2 Å². The summed E-state index contributed by atoms with van der Waals surface area (Å²) in [5, 5.41) is 3.29. The number of carbonyl (C=O) groups is 1. The third-order valence-electron chi connectivity index (χ3n) is 3.80. The summed E-state index contributed by atoms with van der Waals surface area (Å²) in [5.41, 5.74) is 1.53. The summed E-state index contributed by atoms with van der Waals surface area (Å²) in [6.07, 6.45) is 7.05. The second kappa shape index (κ2) is 9.71. The minimum absolute atomic E-state index is 0.149. The number of thioether (sulfide) groups is 1. The highest BCUT2D eigenvalue weighted by atomic mass is 127. The highest BCUT2D eigenvalue weighted by molar-refractivity contribution is 14.1. The van der Waals surface area contributed by atoms with Crippen molar-refractivity contribution in [2.75, 3.05) is 20.8 Å². The van der Waals surface area contributed by atoms with Crippen molar-refractivity contribution in [3.05, 3.63) is 50.4 Å². The van der Waals surface area contributed by atoms with Crippen molar-refractivity contribution in [3.8, 4) is 29.6 Å². The molecule has 0 aromatic heterocycles. The standard InChI is InChI=1S/C21H17IN2O4S/c1-4-9-28-19-16(22)10-13(11-17(19)27-3)12-18-20(25)24-21(29-18)23-14-5-7-15(26-2)8-6-14/h1,5-8,10-12H,9H2,2-3H3,(H,23,24,25)/b18-12+. The minimum Gasteiger partial charge on any atom is -0.497 e. The van der Waals surface area contributed by atoms with Crippen molar-refractivity contribution in [1.82, 2.24) is 5.32 Å². The lowest BCUT2D eigenvalue weighted by Gasteiger charge is -2.12. The summed E-state index contributed by atoms with van der Waals surface area (Å²) in [7, 11) is 3.16. The van der Waals surface area contributed by atoms with Crippen molar-refractivity contribution in [2.24, 2.45) is 4.99 Å². The molecule has 0 unspecified atom stereocenters. The van der Waals surface area contributed by atoms with E-state index >= 15 is 0 Å². The zero-order valence-electron chi connectivity index (χ0n) is 15.7. The van der Waals surface area contributed by atoms with Gasteiger partial charge in [-0.2, -0.15) is 0 Å². The third-order valence-corrected chi connectivity index (χ3v) is 5.51. The molecule has 1 aliphatic rings. The number of amides is 1. The Morgan fingerprint density at radius 3 is 2.66 bits per heavy atom. The molecule has 1 saturated heterocycles. The number of nitrogens with zero attached hydrogens (tertiary/aromatic N) is 1. The first-order valence-electron chi connectivity index (χ1n) is 8.41. The number of ether oxygens (including phenoxy) is 3. The predicted octanol–water partition coefficient (Wildman–Crippen LogP) is 4.21. The van der Waals surface area contributed by atoms with Crippen LogP contribution in [-0.2, 0) is 4.79 Å². The monoisotopic (exact) mass is 520 g/mol. The molecule has 1 heterocycles. The van der Waals surface area contributed by atoms with E-state index in [1.54, 1.807) is 26.4 Å². The molecular formula is C21H17IN2O4S. The molecule has 8 heteroatoms. The van der Waals surface area contributed by atoms with Crippen molar-refractivity contribution in [2.45, 2.75) is 0 Å². The van der Waals surface area contributed by atoms with E-state index in [4.69, 9.17) is 20.6 Å². The SMILES string of the molecule is C#CCOc1c(I)cc(/C=C2/SC(=Nc3ccc(OC)cc3)NC2=O)cc1OC. The molecule has 0 bridgehead atoms. The van der Waals surface area contributed by atoms with Gasteiger partial charge in [0.25, 0.3) is 5.91 Å². The second-order valence-electron chi connectivity index (χ2n) is 5.71. The Bertz CT molecular complexity index is 1030. The van der Waals surface area contributed by atoms with E-state index in [0.717, 1.165) is 20.6 Å². The molecule has 1 fully saturated rings. The van der Waals surface area contributed by atoms with Gasteiger partial charge in [0, 0.05) is 0 Å². The first-order chi connectivity index (χ1) is 14.0. The molecule has 29 heavy (non-hydrogen) atoms. The first kappa shape index (κ1) is 21.1. The maximum absolute atomic E-state index is 12.3. The van der Waals surface area contributed by atoms with E-state index in [-0.39, 0.29) is 12.5 Å². The first-order valence-corrected chi connectivity index (χ1v) is 10.3. The van der Waals surface area contributed by atoms with Gasteiger partial charge in [0.1, 0.15) is 12.4 Å². The molecule has 148 valence electrons. The fourth-order valence-electron chi connectivity index (χ4n) is 2.48. The zero-order chi connectivity index (χ0) is 20.8. The smallest absolute Gasteiger partial charge is 0.264 e. The van der Waals surface area contributed by atoms with E-state index in [1.807, 2.05) is 30.3 Å². The Labute approximate surface area is 186 Å². The molecule has 3 rings (SSSR count). The summed E-state index contributed by atoms with van der Waals surface area (Å²) >= 11 is 3.42. The van der Waals surface area contributed by atoms with Crippen LogP contribution in [0.1, 0.15) is 5.56 Å². The van der Waals surface area contributed by atoms with Gasteiger partial charge in [-0.15, -0.1) is 6.42 Å². The lowest BCUT2D eigenvalue weighted by atomic mass is 10.2. The van der Waals surface area contributed by atoms with Gasteiger partial charge in [-0.1, -0.05) is 5.92 Å². The lowest BCUT2D eigenvalue weighted by molar-refractivity contribution is -0.115. The summed E-state index contributed by atoms with van der Waals surface area (Å²) in [6.45, 7) is 0.149. The molecule has 6 nitrogen and oxygen atoms in total. The number of benzene rings is 2. The lowest BCUT2D eigenvalue weighted by Crippen LogP contribution is -2.19. The van der Waals surface area contributed by atoms with Crippen molar-refractivity contribution < 1.29 is 19.0 Å². The number of amidine groups is 1. The number of rotatable bonds is 6. The van der Waals surface area contributed by atoms with Crippen LogP contribution in [0, 0.1) is 15.9 Å². The number of halogens is 1. The average molecular weight is 520 g/mol.